The molecule has 0 saturated heterocycles. The van der Waals surface area contributed by atoms with Crippen molar-refractivity contribution in [3.63, 3.8) is 0 Å². The molecule has 0 amide bonds. The molecule has 0 bridgehead atoms. The van der Waals surface area contributed by atoms with Gasteiger partial charge >= 0.3 is 0 Å². The smallest absolute Gasteiger partial charge is 0.145 e. The van der Waals surface area contributed by atoms with Gasteiger partial charge in [-0.2, -0.15) is 10.4 Å². The lowest BCUT2D eigenvalue weighted by molar-refractivity contribution is 0.0899. The zero-order chi connectivity index (χ0) is 20.4. The molecular formula is C21H28N6OSi. The van der Waals surface area contributed by atoms with Crippen LogP contribution in [0.5, 0.6) is 0 Å². The number of hydrogen-bond acceptors (Lipinski definition) is 5. The monoisotopic (exact) mass is 408 g/mol. The van der Waals surface area contributed by atoms with E-state index < -0.39 is 8.07 Å². The summed E-state index contributed by atoms with van der Waals surface area (Å²) in [6, 6.07) is 5.65. The number of ether oxygens (including phenoxy) is 1. The molecule has 7 nitrogen and oxygen atoms in total. The van der Waals surface area contributed by atoms with Crippen LogP contribution in [0.25, 0.3) is 22.3 Å². The fourth-order valence-corrected chi connectivity index (χ4v) is 4.33. The lowest BCUT2D eigenvalue weighted by Gasteiger charge is -2.15. The van der Waals surface area contributed by atoms with E-state index in [2.05, 4.69) is 40.8 Å². The molecule has 29 heavy (non-hydrogen) atoms. The summed E-state index contributed by atoms with van der Waals surface area (Å²) in [5, 5.41) is 14.7. The Morgan fingerprint density at radius 1 is 1.31 bits per heavy atom. The molecule has 0 radical (unpaired) electrons. The van der Waals surface area contributed by atoms with Crippen LogP contribution in [0.3, 0.4) is 0 Å². The molecule has 1 saturated carbocycles. The van der Waals surface area contributed by atoms with Crippen molar-refractivity contribution < 1.29 is 4.74 Å². The van der Waals surface area contributed by atoms with Gasteiger partial charge in [0.2, 0.25) is 0 Å². The van der Waals surface area contributed by atoms with Gasteiger partial charge in [0.25, 0.3) is 0 Å². The van der Waals surface area contributed by atoms with Crippen molar-refractivity contribution in [1.29, 1.82) is 5.26 Å². The van der Waals surface area contributed by atoms with Gasteiger partial charge in [-0.05, 0) is 30.9 Å². The van der Waals surface area contributed by atoms with Crippen molar-refractivity contribution in [2.24, 2.45) is 5.92 Å². The van der Waals surface area contributed by atoms with E-state index in [4.69, 9.17) is 10.00 Å². The Hall–Kier alpha value is -2.50. The molecule has 3 aromatic heterocycles. The normalized spacial score (nSPS) is 15.5. The van der Waals surface area contributed by atoms with Crippen molar-refractivity contribution >= 4 is 19.1 Å². The second kappa shape index (κ2) is 8.09. The molecule has 0 aromatic carbocycles. The summed E-state index contributed by atoms with van der Waals surface area (Å²) in [6.07, 6.45) is 10.3. The Morgan fingerprint density at radius 2 is 2.14 bits per heavy atom. The van der Waals surface area contributed by atoms with E-state index in [-0.39, 0.29) is 6.04 Å². The molecule has 4 rings (SSSR count). The summed E-state index contributed by atoms with van der Waals surface area (Å²) >= 11 is 0. The third-order valence-corrected chi connectivity index (χ3v) is 7.17. The van der Waals surface area contributed by atoms with E-state index in [9.17, 15) is 0 Å². The van der Waals surface area contributed by atoms with Crippen LogP contribution in [0.1, 0.15) is 25.3 Å². The zero-order valence-electron chi connectivity index (χ0n) is 17.4. The Balaban J connectivity index is 1.53. The van der Waals surface area contributed by atoms with E-state index in [0.29, 0.717) is 19.1 Å². The maximum absolute atomic E-state index is 9.15. The average molecular weight is 409 g/mol. The quantitative estimate of drug-likeness (QED) is 0.385. The first kappa shape index (κ1) is 19.8. The first-order valence-corrected chi connectivity index (χ1v) is 14.0. The molecule has 1 atom stereocenters. The maximum atomic E-state index is 9.15. The standard InChI is InChI=1S/C21H28N6OSi/c1-29(2,3)11-10-28-15-26-9-7-18-20(23-14-24-21(18)26)17-12-25-27(13-17)19(6-8-22)16-4-5-16/h7,9,12-14,16,19H,4-6,10-11,15H2,1-3H3. The fourth-order valence-electron chi connectivity index (χ4n) is 3.57. The highest BCUT2D eigenvalue weighted by molar-refractivity contribution is 6.76. The van der Waals surface area contributed by atoms with Gasteiger partial charge in [0.15, 0.2) is 0 Å². The molecule has 0 aliphatic heterocycles. The first-order valence-electron chi connectivity index (χ1n) is 10.3. The van der Waals surface area contributed by atoms with Crippen molar-refractivity contribution in [2.75, 3.05) is 6.61 Å². The number of rotatable bonds is 9. The molecule has 152 valence electrons. The van der Waals surface area contributed by atoms with Gasteiger partial charge in [-0.15, -0.1) is 0 Å². The first-order chi connectivity index (χ1) is 14.0. The van der Waals surface area contributed by atoms with Gasteiger partial charge in [0.1, 0.15) is 18.7 Å². The Morgan fingerprint density at radius 3 is 2.86 bits per heavy atom. The summed E-state index contributed by atoms with van der Waals surface area (Å²) in [5.74, 6) is 0.571. The van der Waals surface area contributed by atoms with Crippen molar-refractivity contribution in [3.8, 4) is 17.3 Å². The van der Waals surface area contributed by atoms with E-state index >= 15 is 0 Å². The van der Waals surface area contributed by atoms with Gasteiger partial charge in [0.05, 0.1) is 30.4 Å². The predicted octanol–water partition coefficient (Wildman–Crippen LogP) is 4.47. The van der Waals surface area contributed by atoms with Crippen molar-refractivity contribution in [1.82, 2.24) is 24.3 Å². The minimum atomic E-state index is -1.09. The number of hydrogen-bond donors (Lipinski definition) is 0. The van der Waals surface area contributed by atoms with Crippen LogP contribution in [0.15, 0.2) is 31.0 Å². The molecule has 1 fully saturated rings. The minimum Gasteiger partial charge on any atom is -0.361 e. The summed E-state index contributed by atoms with van der Waals surface area (Å²) in [6.45, 7) is 8.33. The number of nitrogens with zero attached hydrogens (tertiary/aromatic N) is 6. The summed E-state index contributed by atoms with van der Waals surface area (Å²) in [7, 11) is -1.09. The topological polar surface area (TPSA) is 81.5 Å². The molecular weight excluding hydrogens is 380 g/mol. The molecule has 1 unspecified atom stereocenters. The van der Waals surface area contributed by atoms with Crippen LogP contribution in [0, 0.1) is 17.2 Å². The highest BCUT2D eigenvalue weighted by Crippen LogP contribution is 2.41. The largest absolute Gasteiger partial charge is 0.361 e. The third-order valence-electron chi connectivity index (χ3n) is 5.46. The number of nitriles is 1. The molecule has 0 N–H and O–H groups in total. The van der Waals surface area contributed by atoms with E-state index in [0.717, 1.165) is 34.9 Å². The van der Waals surface area contributed by atoms with Crippen LogP contribution in [-0.2, 0) is 11.5 Å². The lowest BCUT2D eigenvalue weighted by atomic mass is 10.1. The van der Waals surface area contributed by atoms with Crippen LogP contribution in [0.4, 0.5) is 0 Å². The summed E-state index contributed by atoms with van der Waals surface area (Å²) in [4.78, 5) is 8.99. The second-order valence-corrected chi connectivity index (χ2v) is 14.7. The molecule has 0 spiro atoms. The third kappa shape index (κ3) is 4.57. The molecule has 3 heterocycles. The van der Waals surface area contributed by atoms with Crippen LogP contribution < -0.4 is 0 Å². The predicted molar refractivity (Wildman–Crippen MR) is 115 cm³/mol. The molecule has 8 heteroatoms. The van der Waals surface area contributed by atoms with E-state index in [1.165, 1.54) is 12.8 Å². The summed E-state index contributed by atoms with van der Waals surface area (Å²) < 4.78 is 9.86. The van der Waals surface area contributed by atoms with Crippen LogP contribution in [0.2, 0.25) is 25.7 Å². The minimum absolute atomic E-state index is 0.162. The number of fused-ring (bicyclic) bond motifs is 1. The van der Waals surface area contributed by atoms with Gasteiger partial charge in [-0.25, -0.2) is 9.97 Å². The zero-order valence-corrected chi connectivity index (χ0v) is 18.4. The fraction of sp³-hybridized carbons (Fsp3) is 0.524. The lowest BCUT2D eigenvalue weighted by Crippen LogP contribution is -2.22. The molecule has 1 aliphatic rings. The van der Waals surface area contributed by atoms with E-state index in [1.807, 2.05) is 33.9 Å². The Bertz CT molecular complexity index is 1020. The average Bonchev–Trinajstić information content (AvgIpc) is 3.25. The van der Waals surface area contributed by atoms with Crippen molar-refractivity contribution in [2.45, 2.75) is 57.7 Å². The van der Waals surface area contributed by atoms with Gasteiger partial charge in [0, 0.05) is 38.0 Å². The Labute approximate surface area is 172 Å². The van der Waals surface area contributed by atoms with Gasteiger partial charge in [-0.3, -0.25) is 4.68 Å². The highest BCUT2D eigenvalue weighted by atomic mass is 28.3. The number of aromatic nitrogens is 5. The summed E-state index contributed by atoms with van der Waals surface area (Å²) in [5.41, 5.74) is 2.69. The SMILES string of the molecule is C[Si](C)(C)CCOCn1ccc2c(-c3cnn(C(CC#N)C4CC4)c3)ncnc21. The van der Waals surface area contributed by atoms with Crippen molar-refractivity contribution in [3.05, 3.63) is 31.0 Å². The van der Waals surface area contributed by atoms with Gasteiger partial charge < -0.3 is 9.30 Å². The van der Waals surface area contributed by atoms with Crippen LogP contribution >= 0.6 is 0 Å². The Kier molecular flexibility index (Phi) is 5.52. The van der Waals surface area contributed by atoms with Crippen LogP contribution in [-0.4, -0.2) is 39.0 Å². The molecule has 1 aliphatic carbocycles. The van der Waals surface area contributed by atoms with Gasteiger partial charge in [-0.1, -0.05) is 19.6 Å². The highest BCUT2D eigenvalue weighted by Gasteiger charge is 2.33. The van der Waals surface area contributed by atoms with E-state index in [1.54, 1.807) is 6.33 Å². The maximum Gasteiger partial charge on any atom is 0.145 e. The second-order valence-electron chi connectivity index (χ2n) is 9.07. The molecule has 3 aromatic rings.